The maximum Gasteiger partial charge on any atom is 0.305 e. The Labute approximate surface area is 260 Å². The maximum absolute atomic E-state index is 14.0. The first-order valence-electron chi connectivity index (χ1n) is 13.4. The lowest BCUT2D eigenvalue weighted by atomic mass is 10.0. The molecule has 43 heavy (non-hydrogen) atoms. The fraction of sp³-hybridized carbons (Fsp3) is 0.448. The molecule has 14 heteroatoms. The number of benzene rings is 2. The van der Waals surface area contributed by atoms with Gasteiger partial charge in [0.2, 0.25) is 11.8 Å². The van der Waals surface area contributed by atoms with Crippen molar-refractivity contribution in [2.45, 2.75) is 57.2 Å². The van der Waals surface area contributed by atoms with E-state index in [0.717, 1.165) is 18.0 Å². The number of hydrogen-bond donors (Lipinski definition) is 3. The summed E-state index contributed by atoms with van der Waals surface area (Å²) in [6.45, 7) is 5.41. The highest BCUT2D eigenvalue weighted by Gasteiger charge is 2.30. The summed E-state index contributed by atoms with van der Waals surface area (Å²) in [6.07, 6.45) is 0.187. The molecule has 0 spiro atoms. The van der Waals surface area contributed by atoms with E-state index in [1.165, 1.54) is 18.2 Å². The van der Waals surface area contributed by atoms with E-state index >= 15 is 0 Å². The van der Waals surface area contributed by atoms with Gasteiger partial charge >= 0.3 is 5.97 Å². The fourth-order valence-corrected chi connectivity index (χ4v) is 6.19. The topological polar surface area (TPSA) is 156 Å². The molecule has 0 radical (unpaired) electrons. The zero-order valence-electron chi connectivity index (χ0n) is 24.3. The van der Waals surface area contributed by atoms with Crippen LogP contribution in [0.15, 0.2) is 36.4 Å². The largest absolute Gasteiger partial charge is 0.494 e. The maximum atomic E-state index is 14.0. The number of rotatable bonds is 17. The van der Waals surface area contributed by atoms with Crippen molar-refractivity contribution in [1.29, 1.82) is 0 Å². The number of ether oxygens (including phenoxy) is 1. The number of halogens is 2. The van der Waals surface area contributed by atoms with Crippen molar-refractivity contribution < 1.29 is 41.8 Å². The summed E-state index contributed by atoms with van der Waals surface area (Å²) in [7, 11) is -3.33. The standard InChI is InChI=1S/C29H36ClFN2O8S2/c1-5-41-25-10-9-18(16-43(4,39)40)11-19(25)12-26(35)33-28(17(2)3)29(38)32-23(13-27(36)37)24(34)15-42-14-20-21(30)7-6-8-22(20)31/h6-11,17,23,28H,5,12-16H2,1-4H3,(H,32,38)(H,33,35)(H,36,37). The van der Waals surface area contributed by atoms with Crippen LogP contribution in [0.1, 0.15) is 43.9 Å². The number of hydrogen-bond acceptors (Lipinski definition) is 8. The van der Waals surface area contributed by atoms with Gasteiger partial charge in [0.15, 0.2) is 15.6 Å². The number of aliphatic carboxylic acids is 1. The summed E-state index contributed by atoms with van der Waals surface area (Å²) in [6, 6.07) is 6.44. The summed E-state index contributed by atoms with van der Waals surface area (Å²) >= 11 is 7.04. The normalized spacial score (nSPS) is 12.8. The Hall–Kier alpha value is -3.16. The molecule has 2 unspecified atom stereocenters. The SMILES string of the molecule is CCOc1ccc(CS(C)(=O)=O)cc1CC(=O)NC(C(=O)NC(CC(=O)O)C(=O)CSCc1c(F)cccc1Cl)C(C)C. The first kappa shape index (κ1) is 36.0. The lowest BCUT2D eigenvalue weighted by molar-refractivity contribution is -0.140. The van der Waals surface area contributed by atoms with Gasteiger partial charge in [0, 0.05) is 28.2 Å². The van der Waals surface area contributed by atoms with Crippen molar-refractivity contribution >= 4 is 56.8 Å². The lowest BCUT2D eigenvalue weighted by Crippen LogP contribution is -2.54. The van der Waals surface area contributed by atoms with Crippen LogP contribution in [0.4, 0.5) is 4.39 Å². The number of carboxylic acid groups (broad SMARTS) is 1. The van der Waals surface area contributed by atoms with Crippen LogP contribution in [0, 0.1) is 11.7 Å². The van der Waals surface area contributed by atoms with Crippen LogP contribution in [-0.4, -0.2) is 67.8 Å². The summed E-state index contributed by atoms with van der Waals surface area (Å²) in [5.74, 6) is -4.19. The van der Waals surface area contributed by atoms with Crippen molar-refractivity contribution in [2.75, 3.05) is 18.6 Å². The zero-order chi connectivity index (χ0) is 32.3. The molecule has 2 aromatic rings. The van der Waals surface area contributed by atoms with Gasteiger partial charge in [-0.2, -0.15) is 0 Å². The molecule has 2 atom stereocenters. The van der Waals surface area contributed by atoms with Crippen LogP contribution in [0.2, 0.25) is 5.02 Å². The van der Waals surface area contributed by atoms with Gasteiger partial charge in [0.05, 0.1) is 37.0 Å². The predicted octanol–water partition coefficient (Wildman–Crippen LogP) is 3.57. The highest BCUT2D eigenvalue weighted by atomic mass is 35.5. The van der Waals surface area contributed by atoms with Gasteiger partial charge in [0.25, 0.3) is 0 Å². The highest BCUT2D eigenvalue weighted by molar-refractivity contribution is 7.99. The van der Waals surface area contributed by atoms with E-state index in [0.29, 0.717) is 23.5 Å². The van der Waals surface area contributed by atoms with Crippen LogP contribution >= 0.6 is 23.4 Å². The molecule has 0 bridgehead atoms. The molecule has 2 rings (SSSR count). The van der Waals surface area contributed by atoms with Crippen molar-refractivity contribution in [3.05, 3.63) is 63.9 Å². The van der Waals surface area contributed by atoms with Gasteiger partial charge in [-0.3, -0.25) is 19.2 Å². The average Bonchev–Trinajstić information content (AvgIpc) is 2.88. The molecule has 0 aliphatic heterocycles. The summed E-state index contributed by atoms with van der Waals surface area (Å²) in [5.41, 5.74) is 1.10. The molecular weight excluding hydrogens is 623 g/mol. The van der Waals surface area contributed by atoms with Crippen molar-refractivity contribution in [3.8, 4) is 5.75 Å². The zero-order valence-corrected chi connectivity index (χ0v) is 26.7. The van der Waals surface area contributed by atoms with Gasteiger partial charge in [0.1, 0.15) is 17.6 Å². The third-order valence-corrected chi connectivity index (χ3v) is 8.30. The quantitative estimate of drug-likeness (QED) is 0.231. The van der Waals surface area contributed by atoms with Crippen LogP contribution in [0.3, 0.4) is 0 Å². The van der Waals surface area contributed by atoms with Crippen LogP contribution < -0.4 is 15.4 Å². The van der Waals surface area contributed by atoms with Crippen LogP contribution in [-0.2, 0) is 46.9 Å². The number of ketones is 1. The second-order valence-electron chi connectivity index (χ2n) is 10.2. The Bertz CT molecular complexity index is 1420. The Balaban J connectivity index is 2.13. The monoisotopic (exact) mass is 658 g/mol. The molecule has 0 aliphatic carbocycles. The van der Waals surface area contributed by atoms with E-state index in [1.807, 2.05) is 0 Å². The Kier molecular flexibility index (Phi) is 13.9. The third-order valence-electron chi connectivity index (χ3n) is 6.11. The average molecular weight is 659 g/mol. The number of carbonyl (C=O) groups is 4. The van der Waals surface area contributed by atoms with E-state index in [-0.39, 0.29) is 34.3 Å². The number of amides is 2. The molecular formula is C29H36ClFN2O8S2. The number of nitrogens with one attached hydrogen (secondary N) is 2. The summed E-state index contributed by atoms with van der Waals surface area (Å²) < 4.78 is 43.1. The number of Topliss-reactive ketones (excluding diaryl/α,β-unsaturated/α-hetero) is 1. The molecule has 0 saturated heterocycles. The van der Waals surface area contributed by atoms with Gasteiger partial charge < -0.3 is 20.5 Å². The minimum absolute atomic E-state index is 0.0603. The molecule has 0 aromatic heterocycles. The van der Waals surface area contributed by atoms with Gasteiger partial charge in [-0.25, -0.2) is 12.8 Å². The van der Waals surface area contributed by atoms with E-state index in [1.54, 1.807) is 39.0 Å². The lowest BCUT2D eigenvalue weighted by Gasteiger charge is -2.25. The Morgan fingerprint density at radius 3 is 2.40 bits per heavy atom. The molecule has 10 nitrogen and oxygen atoms in total. The van der Waals surface area contributed by atoms with Crippen molar-refractivity contribution in [1.82, 2.24) is 10.6 Å². The number of carbonyl (C=O) groups excluding carboxylic acids is 3. The van der Waals surface area contributed by atoms with Gasteiger partial charge in [-0.05, 0) is 36.6 Å². The molecule has 3 N–H and O–H groups in total. The molecule has 0 saturated carbocycles. The number of sulfone groups is 1. The number of thioether (sulfide) groups is 1. The second kappa shape index (κ2) is 16.6. The Morgan fingerprint density at radius 2 is 1.81 bits per heavy atom. The molecule has 2 aromatic carbocycles. The van der Waals surface area contributed by atoms with E-state index in [9.17, 15) is 37.1 Å². The molecule has 0 aliphatic rings. The first-order valence-corrected chi connectivity index (χ1v) is 17.0. The van der Waals surface area contributed by atoms with Crippen LogP contribution in [0.25, 0.3) is 0 Å². The second-order valence-corrected chi connectivity index (χ2v) is 13.8. The molecule has 0 fully saturated rings. The van der Waals surface area contributed by atoms with E-state index in [4.69, 9.17) is 16.3 Å². The third kappa shape index (κ3) is 12.2. The smallest absolute Gasteiger partial charge is 0.305 e. The Morgan fingerprint density at radius 1 is 1.12 bits per heavy atom. The summed E-state index contributed by atoms with van der Waals surface area (Å²) in [5, 5.41) is 14.6. The minimum Gasteiger partial charge on any atom is -0.494 e. The number of carboxylic acids is 1. The van der Waals surface area contributed by atoms with E-state index < -0.39 is 63.6 Å². The first-order chi connectivity index (χ1) is 20.1. The minimum atomic E-state index is -3.33. The van der Waals surface area contributed by atoms with Crippen LogP contribution in [0.5, 0.6) is 5.75 Å². The molecule has 0 heterocycles. The fourth-order valence-electron chi connectivity index (χ4n) is 4.10. The van der Waals surface area contributed by atoms with Crippen molar-refractivity contribution in [3.63, 3.8) is 0 Å². The molecule has 2 amide bonds. The van der Waals surface area contributed by atoms with Gasteiger partial charge in [-0.1, -0.05) is 43.6 Å². The highest BCUT2D eigenvalue weighted by Crippen LogP contribution is 2.25. The predicted molar refractivity (Wildman–Crippen MR) is 163 cm³/mol. The van der Waals surface area contributed by atoms with E-state index in [2.05, 4.69) is 10.6 Å². The summed E-state index contributed by atoms with van der Waals surface area (Å²) in [4.78, 5) is 50.6. The van der Waals surface area contributed by atoms with Crippen molar-refractivity contribution in [2.24, 2.45) is 5.92 Å². The molecule has 236 valence electrons. The van der Waals surface area contributed by atoms with Gasteiger partial charge in [-0.15, -0.1) is 11.8 Å².